The van der Waals surface area contributed by atoms with Gasteiger partial charge < -0.3 is 10.4 Å². The fourth-order valence-electron chi connectivity index (χ4n) is 1.89. The Kier molecular flexibility index (Phi) is 5.67. The fourth-order valence-corrected chi connectivity index (χ4v) is 1.89. The summed E-state index contributed by atoms with van der Waals surface area (Å²) in [6, 6.07) is 4.82. The van der Waals surface area contributed by atoms with E-state index in [0.29, 0.717) is 12.0 Å². The second-order valence-corrected chi connectivity index (χ2v) is 4.99. The Morgan fingerprint density at radius 3 is 2.50 bits per heavy atom. The highest BCUT2D eigenvalue weighted by atomic mass is 19.1. The van der Waals surface area contributed by atoms with Crippen molar-refractivity contribution in [3.8, 4) is 0 Å². The van der Waals surface area contributed by atoms with Crippen molar-refractivity contribution in [2.24, 2.45) is 5.92 Å². The quantitative estimate of drug-likeness (QED) is 0.842. The molecule has 0 saturated heterocycles. The van der Waals surface area contributed by atoms with Gasteiger partial charge in [-0.25, -0.2) is 9.18 Å². The number of amides is 1. The van der Waals surface area contributed by atoms with Gasteiger partial charge in [0.05, 0.1) is 5.92 Å². The van der Waals surface area contributed by atoms with E-state index < -0.39 is 29.7 Å². The highest BCUT2D eigenvalue weighted by molar-refractivity contribution is 5.87. The molecule has 110 valence electrons. The SMILES string of the molecule is CC[C@H](C)[C@H](NC(=O)[C@@H](C)c1cccc(F)c1)C(=O)O. The summed E-state index contributed by atoms with van der Waals surface area (Å²) in [6.45, 7) is 5.26. The summed E-state index contributed by atoms with van der Waals surface area (Å²) in [7, 11) is 0. The van der Waals surface area contributed by atoms with Crippen molar-refractivity contribution >= 4 is 11.9 Å². The molecular weight excluding hydrogens is 261 g/mol. The van der Waals surface area contributed by atoms with E-state index in [2.05, 4.69) is 5.32 Å². The summed E-state index contributed by atoms with van der Waals surface area (Å²) in [5.74, 6) is -2.66. The fraction of sp³-hybridized carbons (Fsp3) is 0.467. The largest absolute Gasteiger partial charge is 0.480 e. The Morgan fingerprint density at radius 1 is 1.35 bits per heavy atom. The van der Waals surface area contributed by atoms with Gasteiger partial charge in [-0.2, -0.15) is 0 Å². The first-order chi connectivity index (χ1) is 9.36. The molecule has 0 aliphatic heterocycles. The molecule has 0 saturated carbocycles. The lowest BCUT2D eigenvalue weighted by Crippen LogP contribution is -2.46. The van der Waals surface area contributed by atoms with Crippen LogP contribution in [0, 0.1) is 11.7 Å². The van der Waals surface area contributed by atoms with Crippen LogP contribution in [0.1, 0.15) is 38.7 Å². The first-order valence-corrected chi connectivity index (χ1v) is 6.65. The van der Waals surface area contributed by atoms with Crippen molar-refractivity contribution in [2.75, 3.05) is 0 Å². The van der Waals surface area contributed by atoms with E-state index >= 15 is 0 Å². The number of carbonyl (C=O) groups is 2. The molecule has 0 spiro atoms. The molecule has 5 heteroatoms. The standard InChI is InChI=1S/C15H20FNO3/c1-4-9(2)13(15(19)20)17-14(18)10(3)11-6-5-7-12(16)8-11/h5-10,13H,4H2,1-3H3,(H,17,18)(H,19,20)/t9-,10-,13-/m0/s1. The third-order valence-corrected chi connectivity index (χ3v) is 3.52. The number of carboxylic acids is 1. The van der Waals surface area contributed by atoms with Gasteiger partial charge in [0.15, 0.2) is 0 Å². The smallest absolute Gasteiger partial charge is 0.326 e. The topological polar surface area (TPSA) is 66.4 Å². The lowest BCUT2D eigenvalue weighted by molar-refractivity contribution is -0.143. The highest BCUT2D eigenvalue weighted by Crippen LogP contribution is 2.17. The molecule has 4 nitrogen and oxygen atoms in total. The number of nitrogens with one attached hydrogen (secondary N) is 1. The van der Waals surface area contributed by atoms with Gasteiger partial charge in [-0.15, -0.1) is 0 Å². The zero-order chi connectivity index (χ0) is 15.3. The van der Waals surface area contributed by atoms with Crippen LogP contribution in [0.2, 0.25) is 0 Å². The van der Waals surface area contributed by atoms with Crippen molar-refractivity contribution < 1.29 is 19.1 Å². The minimum absolute atomic E-state index is 0.170. The van der Waals surface area contributed by atoms with E-state index in [4.69, 9.17) is 5.11 Å². The molecule has 0 bridgehead atoms. The van der Waals surface area contributed by atoms with Crippen LogP contribution in [0.25, 0.3) is 0 Å². The third-order valence-electron chi connectivity index (χ3n) is 3.52. The molecule has 0 heterocycles. The molecule has 0 radical (unpaired) electrons. The Balaban J connectivity index is 2.81. The van der Waals surface area contributed by atoms with Crippen molar-refractivity contribution in [2.45, 2.75) is 39.2 Å². The summed E-state index contributed by atoms with van der Waals surface area (Å²) in [5.41, 5.74) is 0.524. The van der Waals surface area contributed by atoms with E-state index in [1.807, 2.05) is 6.92 Å². The first-order valence-electron chi connectivity index (χ1n) is 6.65. The molecule has 3 atom stereocenters. The normalized spacial score (nSPS) is 15.2. The first kappa shape index (κ1) is 16.1. The van der Waals surface area contributed by atoms with Crippen LogP contribution in [0.4, 0.5) is 4.39 Å². The van der Waals surface area contributed by atoms with Gasteiger partial charge in [-0.05, 0) is 30.5 Å². The highest BCUT2D eigenvalue weighted by Gasteiger charge is 2.27. The van der Waals surface area contributed by atoms with Crippen molar-refractivity contribution in [3.63, 3.8) is 0 Å². The lowest BCUT2D eigenvalue weighted by Gasteiger charge is -2.22. The summed E-state index contributed by atoms with van der Waals surface area (Å²) in [4.78, 5) is 23.3. The van der Waals surface area contributed by atoms with Gasteiger partial charge in [0.2, 0.25) is 5.91 Å². The number of benzene rings is 1. The lowest BCUT2D eigenvalue weighted by atomic mass is 9.96. The van der Waals surface area contributed by atoms with E-state index in [0.717, 1.165) is 0 Å². The van der Waals surface area contributed by atoms with Crippen LogP contribution in [0.3, 0.4) is 0 Å². The number of hydrogen-bond acceptors (Lipinski definition) is 2. The number of rotatable bonds is 6. The second-order valence-electron chi connectivity index (χ2n) is 4.99. The van der Waals surface area contributed by atoms with E-state index in [1.54, 1.807) is 19.9 Å². The number of hydrogen-bond donors (Lipinski definition) is 2. The molecule has 0 fully saturated rings. The molecule has 1 aromatic rings. The molecule has 1 rings (SSSR count). The Hall–Kier alpha value is -1.91. The zero-order valence-electron chi connectivity index (χ0n) is 11.9. The van der Waals surface area contributed by atoms with Crippen molar-refractivity contribution in [1.82, 2.24) is 5.32 Å². The van der Waals surface area contributed by atoms with Gasteiger partial charge in [0.25, 0.3) is 0 Å². The Labute approximate surface area is 118 Å². The van der Waals surface area contributed by atoms with Gasteiger partial charge >= 0.3 is 5.97 Å². The summed E-state index contributed by atoms with van der Waals surface area (Å²) >= 11 is 0. The summed E-state index contributed by atoms with van der Waals surface area (Å²) in [5, 5.41) is 11.7. The predicted molar refractivity (Wildman–Crippen MR) is 73.8 cm³/mol. The zero-order valence-corrected chi connectivity index (χ0v) is 11.9. The molecule has 1 amide bonds. The van der Waals surface area contributed by atoms with Crippen LogP contribution in [-0.4, -0.2) is 23.0 Å². The van der Waals surface area contributed by atoms with E-state index in [9.17, 15) is 14.0 Å². The molecule has 2 N–H and O–H groups in total. The molecular formula is C15H20FNO3. The van der Waals surface area contributed by atoms with E-state index in [1.165, 1.54) is 18.2 Å². The predicted octanol–water partition coefficient (Wildman–Crippen LogP) is 2.54. The third kappa shape index (κ3) is 4.05. The van der Waals surface area contributed by atoms with Gasteiger partial charge in [-0.3, -0.25) is 4.79 Å². The Bertz CT molecular complexity index is 490. The van der Waals surface area contributed by atoms with Crippen LogP contribution < -0.4 is 5.32 Å². The average molecular weight is 281 g/mol. The minimum Gasteiger partial charge on any atom is -0.480 e. The van der Waals surface area contributed by atoms with Gasteiger partial charge in [-0.1, -0.05) is 32.4 Å². The maximum absolute atomic E-state index is 13.1. The minimum atomic E-state index is -1.06. The van der Waals surface area contributed by atoms with Gasteiger partial charge in [0.1, 0.15) is 11.9 Å². The molecule has 0 aromatic heterocycles. The summed E-state index contributed by atoms with van der Waals surface area (Å²) < 4.78 is 13.1. The van der Waals surface area contributed by atoms with Gasteiger partial charge in [0, 0.05) is 0 Å². The van der Waals surface area contributed by atoms with Crippen molar-refractivity contribution in [1.29, 1.82) is 0 Å². The maximum atomic E-state index is 13.1. The number of carbonyl (C=O) groups excluding carboxylic acids is 1. The average Bonchev–Trinajstić information content (AvgIpc) is 2.42. The molecule has 0 aliphatic rings. The second kappa shape index (κ2) is 7.03. The Morgan fingerprint density at radius 2 is 2.00 bits per heavy atom. The van der Waals surface area contributed by atoms with Crippen LogP contribution in [-0.2, 0) is 9.59 Å². The summed E-state index contributed by atoms with van der Waals surface area (Å²) in [6.07, 6.45) is 0.644. The van der Waals surface area contributed by atoms with Crippen LogP contribution >= 0.6 is 0 Å². The molecule has 1 aromatic carbocycles. The molecule has 0 aliphatic carbocycles. The van der Waals surface area contributed by atoms with Crippen LogP contribution in [0.15, 0.2) is 24.3 Å². The molecule has 20 heavy (non-hydrogen) atoms. The molecule has 0 unspecified atom stereocenters. The number of halogens is 1. The maximum Gasteiger partial charge on any atom is 0.326 e. The number of aliphatic carboxylic acids is 1. The monoisotopic (exact) mass is 281 g/mol. The van der Waals surface area contributed by atoms with Crippen molar-refractivity contribution in [3.05, 3.63) is 35.6 Å². The number of carboxylic acid groups (broad SMARTS) is 1. The van der Waals surface area contributed by atoms with Crippen LogP contribution in [0.5, 0.6) is 0 Å². The van der Waals surface area contributed by atoms with E-state index in [-0.39, 0.29) is 5.92 Å².